The number of nitrogens with zero attached hydrogens (tertiary/aromatic N) is 4. The predicted molar refractivity (Wildman–Crippen MR) is 120 cm³/mol. The largest absolute Gasteiger partial charge is 0.497 e. The molecule has 30 heavy (non-hydrogen) atoms. The summed E-state index contributed by atoms with van der Waals surface area (Å²) >= 11 is 1.44. The Morgan fingerprint density at radius 3 is 2.53 bits per heavy atom. The maximum absolute atomic E-state index is 12.6. The van der Waals surface area contributed by atoms with Gasteiger partial charge < -0.3 is 4.74 Å². The number of hydrogen-bond donors (Lipinski definition) is 0. The van der Waals surface area contributed by atoms with Crippen LogP contribution in [0.3, 0.4) is 0 Å². The van der Waals surface area contributed by atoms with Gasteiger partial charge in [-0.05, 0) is 30.7 Å². The molecule has 0 saturated carbocycles. The molecular formula is C23H24N4O2S. The molecule has 2 aromatic carbocycles. The van der Waals surface area contributed by atoms with Gasteiger partial charge in [-0.1, -0.05) is 60.7 Å². The van der Waals surface area contributed by atoms with Crippen molar-refractivity contribution in [3.8, 4) is 16.3 Å². The second-order valence-electron chi connectivity index (χ2n) is 7.11. The molecule has 0 N–H and O–H groups in total. The molecule has 6 nitrogen and oxygen atoms in total. The van der Waals surface area contributed by atoms with Gasteiger partial charge in [0.05, 0.1) is 12.8 Å². The number of aromatic nitrogens is 3. The van der Waals surface area contributed by atoms with E-state index in [1.807, 2.05) is 42.5 Å². The molecular weight excluding hydrogens is 396 g/mol. The SMILES string of the molecule is CCCN(Cc1ccc(OC)cc1)Cc1cc(=O)n2nc(-c3ccccc3)sc2n1. The van der Waals surface area contributed by atoms with Gasteiger partial charge in [-0.25, -0.2) is 4.98 Å². The van der Waals surface area contributed by atoms with Crippen molar-refractivity contribution >= 4 is 16.3 Å². The fourth-order valence-electron chi connectivity index (χ4n) is 3.38. The summed E-state index contributed by atoms with van der Waals surface area (Å²) in [6.45, 7) is 4.48. The normalized spacial score (nSPS) is 11.3. The van der Waals surface area contributed by atoms with Crippen molar-refractivity contribution < 1.29 is 4.74 Å². The molecule has 0 bridgehead atoms. The Balaban J connectivity index is 1.58. The average Bonchev–Trinajstić information content (AvgIpc) is 3.20. The molecule has 0 atom stereocenters. The fraction of sp³-hybridized carbons (Fsp3) is 0.261. The summed E-state index contributed by atoms with van der Waals surface area (Å²) in [5.41, 5.74) is 2.81. The third kappa shape index (κ3) is 4.58. The van der Waals surface area contributed by atoms with Gasteiger partial charge >= 0.3 is 0 Å². The van der Waals surface area contributed by atoms with Gasteiger partial charge in [0.15, 0.2) is 0 Å². The molecule has 0 aliphatic carbocycles. The molecule has 0 aliphatic heterocycles. The molecule has 0 saturated heterocycles. The molecule has 0 spiro atoms. The average molecular weight is 421 g/mol. The quantitative estimate of drug-likeness (QED) is 0.427. The highest BCUT2D eigenvalue weighted by atomic mass is 32.1. The van der Waals surface area contributed by atoms with E-state index in [1.165, 1.54) is 21.4 Å². The van der Waals surface area contributed by atoms with Gasteiger partial charge in [0.25, 0.3) is 5.56 Å². The Hall–Kier alpha value is -3.03. The highest BCUT2D eigenvalue weighted by molar-refractivity contribution is 7.19. The van der Waals surface area contributed by atoms with Crippen LogP contribution in [0.5, 0.6) is 5.75 Å². The van der Waals surface area contributed by atoms with E-state index in [9.17, 15) is 4.79 Å². The Morgan fingerprint density at radius 1 is 1.07 bits per heavy atom. The lowest BCUT2D eigenvalue weighted by Crippen LogP contribution is -2.26. The molecule has 0 radical (unpaired) electrons. The first kappa shape index (κ1) is 20.3. The summed E-state index contributed by atoms with van der Waals surface area (Å²) in [7, 11) is 1.67. The molecule has 2 aromatic heterocycles. The van der Waals surface area contributed by atoms with Crippen LogP contribution in [-0.2, 0) is 13.1 Å². The zero-order valence-electron chi connectivity index (χ0n) is 17.1. The highest BCUT2D eigenvalue weighted by Gasteiger charge is 2.13. The monoisotopic (exact) mass is 420 g/mol. The van der Waals surface area contributed by atoms with Crippen molar-refractivity contribution in [2.45, 2.75) is 26.4 Å². The number of benzene rings is 2. The van der Waals surface area contributed by atoms with Crippen molar-refractivity contribution in [3.63, 3.8) is 0 Å². The van der Waals surface area contributed by atoms with E-state index >= 15 is 0 Å². The van der Waals surface area contributed by atoms with Gasteiger partial charge in [-0.3, -0.25) is 9.69 Å². The van der Waals surface area contributed by atoms with E-state index < -0.39 is 0 Å². The van der Waals surface area contributed by atoms with Crippen LogP contribution < -0.4 is 10.3 Å². The Labute approximate surface area is 179 Å². The van der Waals surface area contributed by atoms with Crippen LogP contribution in [0.25, 0.3) is 15.5 Å². The number of ether oxygens (including phenoxy) is 1. The zero-order valence-corrected chi connectivity index (χ0v) is 17.9. The lowest BCUT2D eigenvalue weighted by atomic mass is 10.2. The van der Waals surface area contributed by atoms with Crippen molar-refractivity contribution in [2.75, 3.05) is 13.7 Å². The summed E-state index contributed by atoms with van der Waals surface area (Å²) in [5, 5.41) is 5.25. The van der Waals surface area contributed by atoms with E-state index in [2.05, 4.69) is 29.1 Å². The second kappa shape index (κ2) is 9.19. The summed E-state index contributed by atoms with van der Waals surface area (Å²) in [6.07, 6.45) is 1.02. The van der Waals surface area contributed by atoms with Crippen molar-refractivity contribution in [2.24, 2.45) is 0 Å². The molecule has 0 aliphatic rings. The number of fused-ring (bicyclic) bond motifs is 1. The molecule has 0 amide bonds. The molecule has 0 unspecified atom stereocenters. The lowest BCUT2D eigenvalue weighted by molar-refractivity contribution is 0.254. The smallest absolute Gasteiger partial charge is 0.275 e. The third-order valence-corrected chi connectivity index (χ3v) is 5.77. The van der Waals surface area contributed by atoms with Gasteiger partial charge in [0, 0.05) is 24.7 Å². The first-order chi connectivity index (χ1) is 14.7. The molecule has 0 fully saturated rings. The number of rotatable bonds is 8. The maximum Gasteiger partial charge on any atom is 0.275 e. The van der Waals surface area contributed by atoms with Crippen LogP contribution in [0.4, 0.5) is 0 Å². The Kier molecular flexibility index (Phi) is 6.21. The maximum atomic E-state index is 12.6. The van der Waals surface area contributed by atoms with Crippen LogP contribution in [-0.4, -0.2) is 33.2 Å². The number of hydrogen-bond acceptors (Lipinski definition) is 6. The second-order valence-corrected chi connectivity index (χ2v) is 8.07. The summed E-state index contributed by atoms with van der Waals surface area (Å²) in [4.78, 5) is 20.3. The topological polar surface area (TPSA) is 59.7 Å². The first-order valence-corrected chi connectivity index (χ1v) is 10.8. The van der Waals surface area contributed by atoms with Gasteiger partial charge in [-0.15, -0.1) is 0 Å². The van der Waals surface area contributed by atoms with Gasteiger partial charge in [-0.2, -0.15) is 9.61 Å². The van der Waals surface area contributed by atoms with E-state index in [0.29, 0.717) is 11.5 Å². The minimum Gasteiger partial charge on any atom is -0.497 e. The van der Waals surface area contributed by atoms with Crippen molar-refractivity contribution in [1.29, 1.82) is 0 Å². The molecule has 4 rings (SSSR count). The Morgan fingerprint density at radius 2 is 1.83 bits per heavy atom. The molecule has 154 valence electrons. The van der Waals surface area contributed by atoms with Gasteiger partial charge in [0.2, 0.25) is 4.96 Å². The predicted octanol–water partition coefficient (Wildman–Crippen LogP) is 4.24. The van der Waals surface area contributed by atoms with Crippen LogP contribution in [0.15, 0.2) is 65.5 Å². The van der Waals surface area contributed by atoms with Crippen LogP contribution in [0.1, 0.15) is 24.6 Å². The minimum absolute atomic E-state index is 0.144. The van der Waals surface area contributed by atoms with Crippen molar-refractivity contribution in [1.82, 2.24) is 19.5 Å². The van der Waals surface area contributed by atoms with E-state index in [-0.39, 0.29) is 5.56 Å². The van der Waals surface area contributed by atoms with Crippen molar-refractivity contribution in [3.05, 3.63) is 82.3 Å². The first-order valence-electron chi connectivity index (χ1n) is 9.97. The molecule has 2 heterocycles. The van der Waals surface area contributed by atoms with Crippen LogP contribution in [0, 0.1) is 0 Å². The van der Waals surface area contributed by atoms with E-state index in [1.54, 1.807) is 13.2 Å². The summed E-state index contributed by atoms with van der Waals surface area (Å²) in [6, 6.07) is 19.5. The fourth-order valence-corrected chi connectivity index (χ4v) is 4.31. The zero-order chi connectivity index (χ0) is 20.9. The van der Waals surface area contributed by atoms with E-state index in [0.717, 1.165) is 41.5 Å². The third-order valence-electron chi connectivity index (χ3n) is 4.81. The standard InChI is InChI=1S/C23H24N4O2S/c1-3-13-26(15-17-9-11-20(29-2)12-10-17)16-19-14-21(28)27-23(24-19)30-22(25-27)18-7-5-4-6-8-18/h4-12,14H,3,13,15-16H2,1-2H3. The summed E-state index contributed by atoms with van der Waals surface area (Å²) < 4.78 is 6.63. The van der Waals surface area contributed by atoms with E-state index in [4.69, 9.17) is 9.72 Å². The summed E-state index contributed by atoms with van der Waals surface area (Å²) in [5.74, 6) is 0.848. The molecule has 7 heteroatoms. The van der Waals surface area contributed by atoms with Crippen LogP contribution >= 0.6 is 11.3 Å². The lowest BCUT2D eigenvalue weighted by Gasteiger charge is -2.21. The highest BCUT2D eigenvalue weighted by Crippen LogP contribution is 2.24. The Bertz CT molecular complexity index is 1170. The minimum atomic E-state index is -0.144. The van der Waals surface area contributed by atoms with Gasteiger partial charge in [0.1, 0.15) is 10.8 Å². The molecule has 4 aromatic rings. The van der Waals surface area contributed by atoms with Crippen LogP contribution in [0.2, 0.25) is 0 Å². The number of methoxy groups -OCH3 is 1.